The molecular weight excluding hydrogens is 747 g/mol. The number of furan rings is 1. The fraction of sp³-hybridized carbons (Fsp3) is 0. The Balaban J connectivity index is 1.00. The first-order valence-electron chi connectivity index (χ1n) is 20.2. The minimum absolute atomic E-state index is 0.684. The van der Waals surface area contributed by atoms with Crippen molar-refractivity contribution < 1.29 is 4.42 Å². The van der Waals surface area contributed by atoms with Crippen LogP contribution in [0.25, 0.3) is 112 Å². The van der Waals surface area contributed by atoms with Crippen LogP contribution >= 0.6 is 0 Å². The molecule has 11 aromatic rings. The monoisotopic (exact) mass is 781 g/mol. The molecule has 6 aromatic carbocycles. The maximum Gasteiger partial charge on any atom is 0.160 e. The zero-order chi connectivity index (χ0) is 40.5. The van der Waals surface area contributed by atoms with Gasteiger partial charge < -0.3 is 4.42 Å². The van der Waals surface area contributed by atoms with E-state index < -0.39 is 0 Å². The van der Waals surface area contributed by atoms with Gasteiger partial charge in [-0.15, -0.1) is 0 Å². The van der Waals surface area contributed by atoms with Crippen molar-refractivity contribution in [3.63, 3.8) is 0 Å². The summed E-state index contributed by atoms with van der Waals surface area (Å²) < 4.78 is 6.88. The van der Waals surface area contributed by atoms with E-state index in [2.05, 4.69) is 131 Å². The molecule has 0 bridgehead atoms. The third-order valence-electron chi connectivity index (χ3n) is 11.1. The SMILES string of the molecule is c1ccc(-c2ccc(-c3cc(-c4ccc(-c5cccc(-c6nc7ccccc7c7oc(-c8ccncc8)c(-c8ccncc8)c67)c5)cc4)nc(-c4ccccc4)n3)cc2)cc1. The lowest BCUT2D eigenvalue weighted by molar-refractivity contribution is 0.635. The van der Waals surface area contributed by atoms with Crippen LogP contribution in [0.5, 0.6) is 0 Å². The standard InChI is InChI=1S/C55H35N5O/c1-3-10-36(11-4-1)37-18-22-39(23-19-37)48-35-49(60-55(59-48)43-12-5-2-6-13-43)40-24-20-38(21-25-40)44-14-9-15-45(34-44)52-51-50(41-26-30-56-31-27-41)53(42-28-32-57-33-29-42)61-54(51)46-16-7-8-17-47(46)58-52/h1-35H. The van der Waals surface area contributed by atoms with Gasteiger partial charge in [0.2, 0.25) is 0 Å². The van der Waals surface area contributed by atoms with Gasteiger partial charge in [-0.2, -0.15) is 0 Å². The molecule has 0 saturated heterocycles. The van der Waals surface area contributed by atoms with Crippen molar-refractivity contribution in [1.29, 1.82) is 0 Å². The molecule has 6 nitrogen and oxygen atoms in total. The van der Waals surface area contributed by atoms with Crippen molar-refractivity contribution in [1.82, 2.24) is 24.9 Å². The van der Waals surface area contributed by atoms with Gasteiger partial charge in [0.05, 0.1) is 28.0 Å². The maximum absolute atomic E-state index is 6.88. The minimum Gasteiger partial charge on any atom is -0.455 e. The van der Waals surface area contributed by atoms with Crippen LogP contribution in [-0.4, -0.2) is 24.9 Å². The third-order valence-corrected chi connectivity index (χ3v) is 11.1. The number of rotatable bonds is 8. The highest BCUT2D eigenvalue weighted by atomic mass is 16.3. The van der Waals surface area contributed by atoms with E-state index in [1.165, 1.54) is 5.56 Å². The number of para-hydroxylation sites is 1. The van der Waals surface area contributed by atoms with Crippen LogP contribution in [-0.2, 0) is 0 Å². The number of benzene rings is 6. The van der Waals surface area contributed by atoms with Gasteiger partial charge in [-0.05, 0) is 76.3 Å². The molecule has 11 rings (SSSR count). The lowest BCUT2D eigenvalue weighted by atomic mass is 9.94. The van der Waals surface area contributed by atoms with Gasteiger partial charge in [0.15, 0.2) is 5.82 Å². The van der Waals surface area contributed by atoms with Crippen molar-refractivity contribution in [3.8, 4) is 89.9 Å². The molecular formula is C55H35N5O. The Hall–Kier alpha value is -8.35. The number of nitrogens with zero attached hydrogens (tertiary/aromatic N) is 5. The molecule has 0 spiro atoms. The van der Waals surface area contributed by atoms with Crippen molar-refractivity contribution in [3.05, 3.63) is 213 Å². The van der Waals surface area contributed by atoms with E-state index in [9.17, 15) is 0 Å². The van der Waals surface area contributed by atoms with Crippen LogP contribution in [0.4, 0.5) is 0 Å². The van der Waals surface area contributed by atoms with E-state index in [4.69, 9.17) is 19.4 Å². The molecule has 5 aromatic heterocycles. The van der Waals surface area contributed by atoms with Gasteiger partial charge in [0.1, 0.15) is 11.3 Å². The summed E-state index contributed by atoms with van der Waals surface area (Å²) in [5.74, 6) is 1.45. The van der Waals surface area contributed by atoms with Crippen molar-refractivity contribution in [2.75, 3.05) is 0 Å². The maximum atomic E-state index is 6.88. The molecule has 0 aliphatic rings. The predicted molar refractivity (Wildman–Crippen MR) is 246 cm³/mol. The Labute approximate surface area is 352 Å². The van der Waals surface area contributed by atoms with Crippen LogP contribution < -0.4 is 0 Å². The van der Waals surface area contributed by atoms with E-state index in [0.29, 0.717) is 5.82 Å². The van der Waals surface area contributed by atoms with E-state index in [1.54, 1.807) is 12.4 Å². The summed E-state index contributed by atoms with van der Waals surface area (Å²) in [7, 11) is 0. The van der Waals surface area contributed by atoms with Gasteiger partial charge in [-0.25, -0.2) is 15.0 Å². The molecule has 0 unspecified atom stereocenters. The first-order chi connectivity index (χ1) is 30.2. The van der Waals surface area contributed by atoms with Crippen LogP contribution in [0.2, 0.25) is 0 Å². The zero-order valence-corrected chi connectivity index (χ0v) is 32.9. The summed E-state index contributed by atoms with van der Waals surface area (Å²) in [4.78, 5) is 24.1. The van der Waals surface area contributed by atoms with E-state index >= 15 is 0 Å². The van der Waals surface area contributed by atoms with Gasteiger partial charge in [-0.1, -0.05) is 140 Å². The first kappa shape index (κ1) is 35.8. The van der Waals surface area contributed by atoms with Crippen molar-refractivity contribution in [2.45, 2.75) is 0 Å². The number of aromatic nitrogens is 5. The Kier molecular flexibility index (Phi) is 9.06. The van der Waals surface area contributed by atoms with Crippen LogP contribution in [0.3, 0.4) is 0 Å². The molecule has 0 saturated carbocycles. The van der Waals surface area contributed by atoms with Crippen LogP contribution in [0.15, 0.2) is 217 Å². The summed E-state index contributed by atoms with van der Waals surface area (Å²) in [5.41, 5.74) is 15.6. The molecule has 0 fully saturated rings. The number of fused-ring (bicyclic) bond motifs is 3. The van der Waals surface area contributed by atoms with Gasteiger partial charge in [0, 0.05) is 63.6 Å². The number of hydrogen-bond donors (Lipinski definition) is 0. The summed E-state index contributed by atoms with van der Waals surface area (Å²) in [5, 5.41) is 1.91. The van der Waals surface area contributed by atoms with E-state index in [-0.39, 0.29) is 0 Å². The summed E-state index contributed by atoms with van der Waals surface area (Å²) >= 11 is 0. The number of pyridine rings is 3. The fourth-order valence-corrected chi connectivity index (χ4v) is 8.10. The van der Waals surface area contributed by atoms with Crippen LogP contribution in [0, 0.1) is 0 Å². The van der Waals surface area contributed by atoms with E-state index in [0.717, 1.165) is 100 Å². The topological polar surface area (TPSA) is 77.6 Å². The lowest BCUT2D eigenvalue weighted by Crippen LogP contribution is -1.96. The Morgan fingerprint density at radius 3 is 1.51 bits per heavy atom. The fourth-order valence-electron chi connectivity index (χ4n) is 8.10. The summed E-state index contributed by atoms with van der Waals surface area (Å²) in [6.45, 7) is 0. The highest BCUT2D eigenvalue weighted by Gasteiger charge is 2.24. The Bertz CT molecular complexity index is 3320. The quantitative estimate of drug-likeness (QED) is 0.153. The minimum atomic E-state index is 0.684. The lowest BCUT2D eigenvalue weighted by Gasteiger charge is -2.12. The molecule has 286 valence electrons. The molecule has 0 atom stereocenters. The Morgan fingerprint density at radius 2 is 0.852 bits per heavy atom. The van der Waals surface area contributed by atoms with Crippen molar-refractivity contribution in [2.24, 2.45) is 0 Å². The smallest absolute Gasteiger partial charge is 0.160 e. The molecule has 6 heteroatoms. The predicted octanol–water partition coefficient (Wildman–Crippen LogP) is 13.9. The molecule has 0 aliphatic carbocycles. The molecule has 0 N–H and O–H groups in total. The molecule has 61 heavy (non-hydrogen) atoms. The average molecular weight is 782 g/mol. The van der Waals surface area contributed by atoms with Gasteiger partial charge in [-0.3, -0.25) is 9.97 Å². The summed E-state index contributed by atoms with van der Waals surface area (Å²) in [6.07, 6.45) is 7.22. The van der Waals surface area contributed by atoms with E-state index in [1.807, 2.05) is 79.1 Å². The largest absolute Gasteiger partial charge is 0.455 e. The molecule has 5 heterocycles. The third kappa shape index (κ3) is 6.82. The normalized spacial score (nSPS) is 11.3. The highest BCUT2D eigenvalue weighted by Crippen LogP contribution is 2.47. The first-order valence-corrected chi connectivity index (χ1v) is 20.2. The highest BCUT2D eigenvalue weighted by molar-refractivity contribution is 6.16. The van der Waals surface area contributed by atoms with Crippen LogP contribution in [0.1, 0.15) is 0 Å². The zero-order valence-electron chi connectivity index (χ0n) is 32.9. The van der Waals surface area contributed by atoms with Gasteiger partial charge in [0.25, 0.3) is 0 Å². The average Bonchev–Trinajstić information content (AvgIpc) is 3.76. The molecule has 0 radical (unpaired) electrons. The summed E-state index contributed by atoms with van der Waals surface area (Å²) in [6, 6.07) is 64.7. The second kappa shape index (κ2) is 15.4. The van der Waals surface area contributed by atoms with Gasteiger partial charge >= 0.3 is 0 Å². The second-order valence-corrected chi connectivity index (χ2v) is 14.9. The van der Waals surface area contributed by atoms with Crippen molar-refractivity contribution >= 4 is 21.9 Å². The Morgan fingerprint density at radius 1 is 0.344 bits per heavy atom. The molecule has 0 amide bonds. The molecule has 0 aliphatic heterocycles. The number of hydrogen-bond acceptors (Lipinski definition) is 6. The second-order valence-electron chi connectivity index (χ2n) is 14.9.